The normalized spacial score (nSPS) is 11.9. The molecule has 0 heterocycles. The van der Waals surface area contributed by atoms with Crippen molar-refractivity contribution in [1.29, 1.82) is 0 Å². The number of nitro groups is 1. The number of benzene rings is 2. The van der Waals surface area contributed by atoms with Gasteiger partial charge in [-0.2, -0.15) is 5.10 Å². The minimum Gasteiger partial charge on any atom is -0.372 e. The smallest absolute Gasteiger partial charge is 0.270 e. The van der Waals surface area contributed by atoms with Crippen molar-refractivity contribution >= 4 is 41.0 Å². The number of non-ortho nitro benzene ring substituents is 1. The van der Waals surface area contributed by atoms with Crippen LogP contribution in [0.25, 0.3) is 0 Å². The Morgan fingerprint density at radius 3 is 2.45 bits per heavy atom. The number of hydrazone groups is 1. The van der Waals surface area contributed by atoms with Gasteiger partial charge in [0.15, 0.2) is 0 Å². The minimum absolute atomic E-state index is 0.0764. The van der Waals surface area contributed by atoms with Crippen LogP contribution in [-0.2, 0) is 4.79 Å². The predicted octanol–water partition coefficient (Wildman–Crippen LogP) is 4.00. The second-order valence-electron chi connectivity index (χ2n) is 7.61. The van der Waals surface area contributed by atoms with Gasteiger partial charge in [-0.05, 0) is 44.0 Å². The highest BCUT2D eigenvalue weighted by molar-refractivity contribution is 6.31. The van der Waals surface area contributed by atoms with Gasteiger partial charge in [-0.1, -0.05) is 31.5 Å². The van der Waals surface area contributed by atoms with Gasteiger partial charge in [0, 0.05) is 47.1 Å². The van der Waals surface area contributed by atoms with E-state index in [1.54, 1.807) is 38.1 Å². The molecular formula is C23H28ClN5O4. The fourth-order valence-electron chi connectivity index (χ4n) is 3.24. The fourth-order valence-corrected chi connectivity index (χ4v) is 3.43. The van der Waals surface area contributed by atoms with Crippen LogP contribution in [0.3, 0.4) is 0 Å². The summed E-state index contributed by atoms with van der Waals surface area (Å²) < 4.78 is 0. The molecule has 0 saturated heterocycles. The summed E-state index contributed by atoms with van der Waals surface area (Å²) in [4.78, 5) is 38.0. The summed E-state index contributed by atoms with van der Waals surface area (Å²) in [5.41, 5.74) is 3.95. The van der Waals surface area contributed by atoms with E-state index in [0.717, 1.165) is 5.69 Å². The lowest BCUT2D eigenvalue weighted by Crippen LogP contribution is -2.48. The minimum atomic E-state index is -0.846. The summed E-state index contributed by atoms with van der Waals surface area (Å²) in [5.74, 6) is -1.16. The summed E-state index contributed by atoms with van der Waals surface area (Å²) in [6.45, 7) is 8.95. The Bertz CT molecular complexity index is 1040. The fraction of sp³-hybridized carbons (Fsp3) is 0.348. The molecule has 2 aromatic rings. The van der Waals surface area contributed by atoms with E-state index in [4.69, 9.17) is 11.6 Å². The highest BCUT2D eigenvalue weighted by Crippen LogP contribution is 2.24. The lowest BCUT2D eigenvalue weighted by Gasteiger charge is -2.23. The number of anilines is 1. The molecule has 33 heavy (non-hydrogen) atoms. The molecule has 2 amide bonds. The molecule has 2 N–H and O–H groups in total. The molecule has 2 aromatic carbocycles. The van der Waals surface area contributed by atoms with Crippen molar-refractivity contribution in [2.45, 2.75) is 33.7 Å². The zero-order valence-electron chi connectivity index (χ0n) is 19.0. The van der Waals surface area contributed by atoms with Crippen molar-refractivity contribution in [3.63, 3.8) is 0 Å². The Morgan fingerprint density at radius 2 is 1.88 bits per heavy atom. The van der Waals surface area contributed by atoms with Gasteiger partial charge in [-0.15, -0.1) is 0 Å². The van der Waals surface area contributed by atoms with Gasteiger partial charge < -0.3 is 10.2 Å². The molecule has 1 unspecified atom stereocenters. The number of carbonyl (C=O) groups excluding carboxylic acids is 2. The average molecular weight is 474 g/mol. The Labute approximate surface area is 198 Å². The number of hydrogen-bond acceptors (Lipinski definition) is 6. The van der Waals surface area contributed by atoms with Gasteiger partial charge in [-0.25, -0.2) is 5.43 Å². The van der Waals surface area contributed by atoms with Crippen LogP contribution in [0.5, 0.6) is 0 Å². The van der Waals surface area contributed by atoms with Crippen LogP contribution in [0.1, 0.15) is 43.6 Å². The van der Waals surface area contributed by atoms with Crippen LogP contribution in [0.15, 0.2) is 47.6 Å². The zero-order valence-corrected chi connectivity index (χ0v) is 19.8. The average Bonchev–Trinajstić information content (AvgIpc) is 2.78. The zero-order chi connectivity index (χ0) is 24.5. The van der Waals surface area contributed by atoms with E-state index in [2.05, 4.69) is 15.8 Å². The first-order valence-electron chi connectivity index (χ1n) is 10.6. The summed E-state index contributed by atoms with van der Waals surface area (Å²) in [6, 6.07) is 10.1. The molecule has 176 valence electrons. The lowest BCUT2D eigenvalue weighted by atomic mass is 10.0. The molecule has 0 aromatic heterocycles. The summed E-state index contributed by atoms with van der Waals surface area (Å²) in [7, 11) is 0. The molecule has 0 aliphatic heterocycles. The van der Waals surface area contributed by atoms with E-state index in [0.29, 0.717) is 29.2 Å². The Hall–Kier alpha value is -3.46. The molecule has 0 bridgehead atoms. The largest absolute Gasteiger partial charge is 0.372 e. The van der Waals surface area contributed by atoms with E-state index in [-0.39, 0.29) is 11.6 Å². The van der Waals surface area contributed by atoms with Gasteiger partial charge in [0.2, 0.25) is 0 Å². The third-order valence-corrected chi connectivity index (χ3v) is 5.26. The molecule has 10 heteroatoms. The molecule has 0 aliphatic rings. The SMILES string of the molecule is CCN(CC)c1ccc([N+](=O)[O-])cc1C=NNC(=O)C(NC(=O)c1cccc(Cl)c1)C(C)C. The van der Waals surface area contributed by atoms with Crippen molar-refractivity contribution in [3.05, 3.63) is 68.7 Å². The van der Waals surface area contributed by atoms with Crippen molar-refractivity contribution in [3.8, 4) is 0 Å². The van der Waals surface area contributed by atoms with Gasteiger partial charge in [0.05, 0.1) is 11.1 Å². The third kappa shape index (κ3) is 7.01. The van der Waals surface area contributed by atoms with Crippen LogP contribution in [0.2, 0.25) is 5.02 Å². The second-order valence-corrected chi connectivity index (χ2v) is 8.05. The number of rotatable bonds is 10. The van der Waals surface area contributed by atoms with Crippen molar-refractivity contribution in [2.24, 2.45) is 11.0 Å². The molecule has 0 aliphatic carbocycles. The molecular weight excluding hydrogens is 446 g/mol. The van der Waals surface area contributed by atoms with Gasteiger partial charge in [0.25, 0.3) is 17.5 Å². The third-order valence-electron chi connectivity index (χ3n) is 5.03. The van der Waals surface area contributed by atoms with E-state index < -0.39 is 22.8 Å². The second kappa shape index (κ2) is 12.0. The van der Waals surface area contributed by atoms with Crippen molar-refractivity contribution in [1.82, 2.24) is 10.7 Å². The van der Waals surface area contributed by atoms with Crippen LogP contribution >= 0.6 is 11.6 Å². The van der Waals surface area contributed by atoms with E-state index >= 15 is 0 Å². The maximum Gasteiger partial charge on any atom is 0.270 e. The molecule has 2 rings (SSSR count). The molecule has 0 saturated carbocycles. The number of hydrogen-bond donors (Lipinski definition) is 2. The number of nitrogens with zero attached hydrogens (tertiary/aromatic N) is 3. The van der Waals surface area contributed by atoms with Crippen molar-refractivity contribution in [2.75, 3.05) is 18.0 Å². The number of carbonyl (C=O) groups is 2. The maximum atomic E-state index is 12.7. The van der Waals surface area contributed by atoms with E-state index in [1.807, 2.05) is 18.7 Å². The lowest BCUT2D eigenvalue weighted by molar-refractivity contribution is -0.384. The first-order chi connectivity index (χ1) is 15.7. The first kappa shape index (κ1) is 25.8. The molecule has 0 spiro atoms. The van der Waals surface area contributed by atoms with Crippen LogP contribution in [0, 0.1) is 16.0 Å². The summed E-state index contributed by atoms with van der Waals surface area (Å²) >= 11 is 5.94. The molecule has 9 nitrogen and oxygen atoms in total. The molecule has 0 fully saturated rings. The van der Waals surface area contributed by atoms with E-state index in [1.165, 1.54) is 24.4 Å². The summed E-state index contributed by atoms with van der Waals surface area (Å²) in [5, 5.41) is 18.3. The maximum absolute atomic E-state index is 12.7. The Kier molecular flexibility index (Phi) is 9.35. The van der Waals surface area contributed by atoms with Crippen LogP contribution in [-0.4, -0.2) is 42.1 Å². The Balaban J connectivity index is 2.19. The predicted molar refractivity (Wildman–Crippen MR) is 130 cm³/mol. The quantitative estimate of drug-likeness (QED) is 0.307. The van der Waals surface area contributed by atoms with Gasteiger partial charge >= 0.3 is 0 Å². The van der Waals surface area contributed by atoms with E-state index in [9.17, 15) is 19.7 Å². The number of halogens is 1. The highest BCUT2D eigenvalue weighted by atomic mass is 35.5. The van der Waals surface area contributed by atoms with Gasteiger partial charge in [0.1, 0.15) is 6.04 Å². The Morgan fingerprint density at radius 1 is 1.18 bits per heavy atom. The number of amides is 2. The van der Waals surface area contributed by atoms with Crippen LogP contribution in [0.4, 0.5) is 11.4 Å². The standard InChI is InChI=1S/C23H28ClN5O4/c1-5-28(6-2)20-11-10-19(29(32)33)13-17(20)14-25-27-23(31)21(15(3)4)26-22(30)16-8-7-9-18(24)12-16/h7-15,21H,5-6H2,1-4H3,(H,26,30)(H,27,31). The van der Waals surface area contributed by atoms with Crippen LogP contribution < -0.4 is 15.6 Å². The molecule has 1 atom stereocenters. The first-order valence-corrected chi connectivity index (χ1v) is 11.0. The van der Waals surface area contributed by atoms with Gasteiger partial charge in [-0.3, -0.25) is 19.7 Å². The monoisotopic (exact) mass is 473 g/mol. The number of nitrogens with one attached hydrogen (secondary N) is 2. The topological polar surface area (TPSA) is 117 Å². The highest BCUT2D eigenvalue weighted by Gasteiger charge is 2.24. The molecule has 0 radical (unpaired) electrons. The summed E-state index contributed by atoms with van der Waals surface area (Å²) in [6.07, 6.45) is 1.37. The van der Waals surface area contributed by atoms with Crippen molar-refractivity contribution < 1.29 is 14.5 Å². The number of nitro benzene ring substituents is 1.